The van der Waals surface area contributed by atoms with Crippen molar-refractivity contribution in [1.29, 1.82) is 0 Å². The zero-order chi connectivity index (χ0) is 15.2. The van der Waals surface area contributed by atoms with Gasteiger partial charge in [0.25, 0.3) is 0 Å². The third-order valence-electron chi connectivity index (χ3n) is 4.27. The SMILES string of the molecule is CCCNc1ncnc(NN2C(C)CCCC2C)c1CC. The van der Waals surface area contributed by atoms with E-state index in [1.54, 1.807) is 6.33 Å². The molecule has 2 atom stereocenters. The van der Waals surface area contributed by atoms with E-state index in [1.165, 1.54) is 24.8 Å². The van der Waals surface area contributed by atoms with Crippen molar-refractivity contribution in [3.8, 4) is 0 Å². The van der Waals surface area contributed by atoms with Gasteiger partial charge in [0.2, 0.25) is 0 Å². The van der Waals surface area contributed by atoms with Gasteiger partial charge in [-0.15, -0.1) is 0 Å². The fourth-order valence-corrected chi connectivity index (χ4v) is 3.00. The maximum atomic E-state index is 4.48. The molecule has 5 nitrogen and oxygen atoms in total. The molecule has 5 heteroatoms. The van der Waals surface area contributed by atoms with E-state index in [-0.39, 0.29) is 0 Å². The molecule has 0 spiro atoms. The molecular formula is C16H29N5. The Morgan fingerprint density at radius 1 is 1.14 bits per heavy atom. The molecule has 0 amide bonds. The zero-order valence-corrected chi connectivity index (χ0v) is 13.8. The first-order chi connectivity index (χ1) is 10.2. The van der Waals surface area contributed by atoms with Gasteiger partial charge in [0.15, 0.2) is 0 Å². The highest BCUT2D eigenvalue weighted by Crippen LogP contribution is 2.26. The predicted molar refractivity (Wildman–Crippen MR) is 88.4 cm³/mol. The Balaban J connectivity index is 2.18. The molecule has 2 unspecified atom stereocenters. The van der Waals surface area contributed by atoms with E-state index in [0.29, 0.717) is 12.1 Å². The summed E-state index contributed by atoms with van der Waals surface area (Å²) in [6.45, 7) is 9.83. The first-order valence-corrected chi connectivity index (χ1v) is 8.30. The van der Waals surface area contributed by atoms with Crippen molar-refractivity contribution in [2.45, 2.75) is 71.9 Å². The number of hydrazine groups is 1. The summed E-state index contributed by atoms with van der Waals surface area (Å²) in [6.07, 6.45) is 7.46. The Morgan fingerprint density at radius 3 is 2.43 bits per heavy atom. The molecule has 0 aromatic carbocycles. The van der Waals surface area contributed by atoms with E-state index in [4.69, 9.17) is 0 Å². The summed E-state index contributed by atoms with van der Waals surface area (Å²) in [6, 6.07) is 1.08. The lowest BCUT2D eigenvalue weighted by atomic mass is 10.00. The highest BCUT2D eigenvalue weighted by molar-refractivity contribution is 5.57. The first kappa shape index (κ1) is 16.0. The summed E-state index contributed by atoms with van der Waals surface area (Å²) >= 11 is 0. The average molecular weight is 291 g/mol. The maximum Gasteiger partial charge on any atom is 0.149 e. The van der Waals surface area contributed by atoms with Gasteiger partial charge in [0.1, 0.15) is 18.0 Å². The molecular weight excluding hydrogens is 262 g/mol. The van der Waals surface area contributed by atoms with Crippen LogP contribution in [0.3, 0.4) is 0 Å². The smallest absolute Gasteiger partial charge is 0.149 e. The molecule has 1 saturated heterocycles. The molecule has 1 aliphatic heterocycles. The van der Waals surface area contributed by atoms with Crippen molar-refractivity contribution in [2.24, 2.45) is 0 Å². The van der Waals surface area contributed by atoms with Gasteiger partial charge in [-0.3, -0.25) is 0 Å². The lowest BCUT2D eigenvalue weighted by Crippen LogP contribution is -2.47. The monoisotopic (exact) mass is 291 g/mol. The number of hydrogen-bond acceptors (Lipinski definition) is 5. The second-order valence-corrected chi connectivity index (χ2v) is 5.98. The molecule has 1 aromatic heterocycles. The number of anilines is 2. The van der Waals surface area contributed by atoms with E-state index in [1.807, 2.05) is 0 Å². The van der Waals surface area contributed by atoms with Gasteiger partial charge >= 0.3 is 0 Å². The minimum absolute atomic E-state index is 0.542. The minimum atomic E-state index is 0.542. The average Bonchev–Trinajstić information content (AvgIpc) is 2.49. The number of aromatic nitrogens is 2. The second-order valence-electron chi connectivity index (χ2n) is 5.98. The molecule has 118 valence electrons. The van der Waals surface area contributed by atoms with Gasteiger partial charge in [0.05, 0.1) is 0 Å². The van der Waals surface area contributed by atoms with Crippen LogP contribution in [-0.2, 0) is 6.42 Å². The normalized spacial score (nSPS) is 23.0. The molecule has 0 aliphatic carbocycles. The van der Waals surface area contributed by atoms with Crippen LogP contribution in [0.2, 0.25) is 0 Å². The third kappa shape index (κ3) is 3.84. The van der Waals surface area contributed by atoms with E-state index in [0.717, 1.165) is 31.0 Å². The largest absolute Gasteiger partial charge is 0.370 e. The van der Waals surface area contributed by atoms with Gasteiger partial charge in [-0.2, -0.15) is 0 Å². The van der Waals surface area contributed by atoms with Crippen molar-refractivity contribution in [2.75, 3.05) is 17.3 Å². The molecule has 1 fully saturated rings. The van der Waals surface area contributed by atoms with Gasteiger partial charge in [-0.05, 0) is 39.5 Å². The van der Waals surface area contributed by atoms with Crippen LogP contribution in [0.4, 0.5) is 11.6 Å². The fraction of sp³-hybridized carbons (Fsp3) is 0.750. The molecule has 2 N–H and O–H groups in total. The number of rotatable bonds is 6. The van der Waals surface area contributed by atoms with E-state index in [9.17, 15) is 0 Å². The van der Waals surface area contributed by atoms with Crippen LogP contribution >= 0.6 is 0 Å². The first-order valence-electron chi connectivity index (χ1n) is 8.30. The Labute approximate surface area is 128 Å². The third-order valence-corrected chi connectivity index (χ3v) is 4.27. The predicted octanol–water partition coefficient (Wildman–Crippen LogP) is 3.45. The van der Waals surface area contributed by atoms with E-state index in [2.05, 4.69) is 53.4 Å². The standard InChI is InChI=1S/C16H29N5/c1-5-10-17-15-14(6-2)16(19-11-18-15)20-21-12(3)8-7-9-13(21)4/h11-13H,5-10H2,1-4H3,(H2,17,18,19,20). The van der Waals surface area contributed by atoms with Crippen molar-refractivity contribution in [3.05, 3.63) is 11.9 Å². The van der Waals surface area contributed by atoms with Crippen LogP contribution in [0.25, 0.3) is 0 Å². The van der Waals surface area contributed by atoms with Crippen LogP contribution in [-0.4, -0.2) is 33.6 Å². The number of piperidine rings is 1. The molecule has 0 bridgehead atoms. The van der Waals surface area contributed by atoms with Crippen molar-refractivity contribution < 1.29 is 0 Å². The molecule has 1 aromatic rings. The molecule has 2 heterocycles. The lowest BCUT2D eigenvalue weighted by molar-refractivity contribution is 0.135. The van der Waals surface area contributed by atoms with Crippen molar-refractivity contribution >= 4 is 11.6 Å². The van der Waals surface area contributed by atoms with Crippen LogP contribution in [0.1, 0.15) is 58.9 Å². The van der Waals surface area contributed by atoms with E-state index >= 15 is 0 Å². The maximum absolute atomic E-state index is 4.48. The van der Waals surface area contributed by atoms with Gasteiger partial charge < -0.3 is 10.7 Å². The second kappa shape index (κ2) is 7.59. The van der Waals surface area contributed by atoms with Gasteiger partial charge in [0, 0.05) is 24.2 Å². The molecule has 0 radical (unpaired) electrons. The zero-order valence-electron chi connectivity index (χ0n) is 13.8. The van der Waals surface area contributed by atoms with E-state index < -0.39 is 0 Å². The molecule has 0 saturated carbocycles. The highest BCUT2D eigenvalue weighted by Gasteiger charge is 2.25. The van der Waals surface area contributed by atoms with Gasteiger partial charge in [-0.25, -0.2) is 15.0 Å². The van der Waals surface area contributed by atoms with Crippen LogP contribution in [0, 0.1) is 0 Å². The molecule has 2 rings (SSSR count). The Hall–Kier alpha value is -1.36. The lowest BCUT2D eigenvalue weighted by Gasteiger charge is -2.39. The topological polar surface area (TPSA) is 53.1 Å². The number of nitrogens with zero attached hydrogens (tertiary/aromatic N) is 3. The molecule has 1 aliphatic rings. The summed E-state index contributed by atoms with van der Waals surface area (Å²) in [4.78, 5) is 8.88. The fourth-order valence-electron chi connectivity index (χ4n) is 3.00. The van der Waals surface area contributed by atoms with Crippen molar-refractivity contribution in [1.82, 2.24) is 15.0 Å². The number of nitrogens with one attached hydrogen (secondary N) is 2. The highest BCUT2D eigenvalue weighted by atomic mass is 15.5. The minimum Gasteiger partial charge on any atom is -0.370 e. The molecule has 21 heavy (non-hydrogen) atoms. The summed E-state index contributed by atoms with van der Waals surface area (Å²) in [5.74, 6) is 1.92. The van der Waals surface area contributed by atoms with Gasteiger partial charge in [-0.1, -0.05) is 20.3 Å². The van der Waals surface area contributed by atoms with Crippen LogP contribution in [0.15, 0.2) is 6.33 Å². The summed E-state index contributed by atoms with van der Waals surface area (Å²) in [5, 5.41) is 5.76. The Kier molecular flexibility index (Phi) is 5.79. The Morgan fingerprint density at radius 2 is 1.81 bits per heavy atom. The van der Waals surface area contributed by atoms with Crippen LogP contribution < -0.4 is 10.7 Å². The summed E-state index contributed by atoms with van der Waals surface area (Å²) in [7, 11) is 0. The van der Waals surface area contributed by atoms with Crippen LogP contribution in [0.5, 0.6) is 0 Å². The number of hydrogen-bond donors (Lipinski definition) is 2. The van der Waals surface area contributed by atoms with Crippen molar-refractivity contribution in [3.63, 3.8) is 0 Å². The Bertz CT molecular complexity index is 438. The summed E-state index contributed by atoms with van der Waals surface area (Å²) in [5.41, 5.74) is 4.74. The summed E-state index contributed by atoms with van der Waals surface area (Å²) < 4.78 is 0. The quantitative estimate of drug-likeness (QED) is 0.840.